The van der Waals surface area contributed by atoms with Crippen LogP contribution in [0.5, 0.6) is 5.75 Å². The molecule has 0 saturated carbocycles. The van der Waals surface area contributed by atoms with Gasteiger partial charge in [-0.05, 0) is 39.0 Å². The molecule has 2 heterocycles. The first-order valence-electron chi connectivity index (χ1n) is 6.18. The van der Waals surface area contributed by atoms with Crippen molar-refractivity contribution in [2.24, 2.45) is 0 Å². The van der Waals surface area contributed by atoms with E-state index in [2.05, 4.69) is 9.97 Å². The van der Waals surface area contributed by atoms with Gasteiger partial charge in [-0.25, -0.2) is 0 Å². The molecular weight excluding hydrogens is 240 g/mol. The zero-order valence-electron chi connectivity index (χ0n) is 11.3. The van der Waals surface area contributed by atoms with E-state index in [-0.39, 0.29) is 5.78 Å². The van der Waals surface area contributed by atoms with Gasteiger partial charge in [0.25, 0.3) is 0 Å². The minimum absolute atomic E-state index is 0.0670. The van der Waals surface area contributed by atoms with Gasteiger partial charge in [0.15, 0.2) is 5.78 Å². The van der Waals surface area contributed by atoms with Crippen LogP contribution in [0.4, 0.5) is 0 Å². The number of carbonyl (C=O) groups excluding carboxylic acids is 1. The predicted octanol–water partition coefficient (Wildman–Crippen LogP) is 2.72. The molecule has 0 N–H and O–H groups in total. The Labute approximate surface area is 112 Å². The summed E-state index contributed by atoms with van der Waals surface area (Å²) < 4.78 is 5.35. The van der Waals surface area contributed by atoms with Crippen molar-refractivity contribution in [3.8, 4) is 5.75 Å². The van der Waals surface area contributed by atoms with E-state index in [1.807, 2.05) is 20.8 Å². The zero-order valence-corrected chi connectivity index (χ0v) is 11.3. The van der Waals surface area contributed by atoms with Gasteiger partial charge in [-0.3, -0.25) is 14.8 Å². The highest BCUT2D eigenvalue weighted by molar-refractivity contribution is 6.09. The fraction of sp³-hybridized carbons (Fsp3) is 0.267. The van der Waals surface area contributed by atoms with Crippen molar-refractivity contribution < 1.29 is 9.53 Å². The van der Waals surface area contributed by atoms with Crippen LogP contribution in [0.3, 0.4) is 0 Å². The number of rotatable bonds is 4. The van der Waals surface area contributed by atoms with Crippen LogP contribution in [-0.2, 0) is 0 Å². The lowest BCUT2D eigenvalue weighted by Gasteiger charge is -2.06. The number of ketones is 1. The summed E-state index contributed by atoms with van der Waals surface area (Å²) in [4.78, 5) is 20.7. The first-order valence-corrected chi connectivity index (χ1v) is 6.18. The largest absolute Gasteiger partial charge is 0.492 e. The van der Waals surface area contributed by atoms with E-state index in [4.69, 9.17) is 4.74 Å². The maximum Gasteiger partial charge on any atom is 0.194 e. The molecule has 2 rings (SSSR count). The Morgan fingerprint density at radius 1 is 1.11 bits per heavy atom. The Balaban J connectivity index is 2.35. The molecule has 0 aliphatic heterocycles. The molecule has 0 aliphatic rings. The molecule has 2 aromatic rings. The molecule has 0 aromatic carbocycles. The number of aryl methyl sites for hydroxylation is 2. The van der Waals surface area contributed by atoms with Crippen LogP contribution in [0.15, 0.2) is 30.6 Å². The molecule has 19 heavy (non-hydrogen) atoms. The van der Waals surface area contributed by atoms with E-state index in [0.717, 1.165) is 11.4 Å². The Kier molecular flexibility index (Phi) is 3.90. The van der Waals surface area contributed by atoms with E-state index in [1.165, 1.54) is 0 Å². The lowest BCUT2D eigenvalue weighted by molar-refractivity contribution is 0.103. The average Bonchev–Trinajstić information content (AvgIpc) is 2.37. The van der Waals surface area contributed by atoms with Crippen molar-refractivity contribution >= 4 is 5.78 Å². The smallest absolute Gasteiger partial charge is 0.194 e. The first kappa shape index (κ1) is 13.2. The van der Waals surface area contributed by atoms with Gasteiger partial charge < -0.3 is 4.74 Å². The zero-order chi connectivity index (χ0) is 13.8. The fourth-order valence-electron chi connectivity index (χ4n) is 1.92. The van der Waals surface area contributed by atoms with Gasteiger partial charge >= 0.3 is 0 Å². The van der Waals surface area contributed by atoms with Gasteiger partial charge in [0.05, 0.1) is 12.8 Å². The number of ether oxygens (including phenoxy) is 1. The van der Waals surface area contributed by atoms with Crippen molar-refractivity contribution in [3.63, 3.8) is 0 Å². The highest BCUT2D eigenvalue weighted by Gasteiger charge is 2.11. The summed E-state index contributed by atoms with van der Waals surface area (Å²) in [7, 11) is 0. The Hall–Kier alpha value is -2.23. The molecule has 0 radical (unpaired) electrons. The summed E-state index contributed by atoms with van der Waals surface area (Å²) in [5.74, 6) is 0.540. The van der Waals surface area contributed by atoms with Crippen LogP contribution in [0, 0.1) is 13.8 Å². The molecule has 0 bridgehead atoms. The molecule has 4 heteroatoms. The SMILES string of the molecule is CCOc1cncc(C(=O)c2cc(C)nc(C)c2)c1. The minimum atomic E-state index is -0.0670. The summed E-state index contributed by atoms with van der Waals surface area (Å²) >= 11 is 0. The third kappa shape index (κ3) is 3.16. The quantitative estimate of drug-likeness (QED) is 0.789. The third-order valence-electron chi connectivity index (χ3n) is 2.63. The maximum atomic E-state index is 12.4. The van der Waals surface area contributed by atoms with Crippen LogP contribution < -0.4 is 4.74 Å². The third-order valence-corrected chi connectivity index (χ3v) is 2.63. The molecule has 0 saturated heterocycles. The molecule has 0 fully saturated rings. The van der Waals surface area contributed by atoms with Crippen LogP contribution in [0.25, 0.3) is 0 Å². The summed E-state index contributed by atoms with van der Waals surface area (Å²) in [6, 6.07) is 5.27. The van der Waals surface area contributed by atoms with Crippen molar-refractivity contribution in [1.82, 2.24) is 9.97 Å². The molecular formula is C15H16N2O2. The van der Waals surface area contributed by atoms with E-state index in [0.29, 0.717) is 23.5 Å². The van der Waals surface area contributed by atoms with Crippen molar-refractivity contribution in [3.05, 3.63) is 53.1 Å². The number of hydrogen-bond donors (Lipinski definition) is 0. The topological polar surface area (TPSA) is 52.1 Å². The number of carbonyl (C=O) groups is 1. The van der Waals surface area contributed by atoms with Crippen LogP contribution >= 0.6 is 0 Å². The molecule has 98 valence electrons. The summed E-state index contributed by atoms with van der Waals surface area (Å²) in [5, 5.41) is 0. The van der Waals surface area contributed by atoms with Crippen LogP contribution in [0.2, 0.25) is 0 Å². The molecule has 0 amide bonds. The normalized spacial score (nSPS) is 10.3. The molecule has 2 aromatic heterocycles. The maximum absolute atomic E-state index is 12.4. The van der Waals surface area contributed by atoms with E-state index in [1.54, 1.807) is 30.6 Å². The number of aromatic nitrogens is 2. The van der Waals surface area contributed by atoms with Crippen molar-refractivity contribution in [1.29, 1.82) is 0 Å². The Bertz CT molecular complexity index is 589. The van der Waals surface area contributed by atoms with Crippen LogP contribution in [-0.4, -0.2) is 22.4 Å². The highest BCUT2D eigenvalue weighted by atomic mass is 16.5. The molecule has 0 aliphatic carbocycles. The van der Waals surface area contributed by atoms with E-state index >= 15 is 0 Å². The number of nitrogens with zero attached hydrogens (tertiary/aromatic N) is 2. The summed E-state index contributed by atoms with van der Waals surface area (Å²) in [6.45, 7) is 6.19. The summed E-state index contributed by atoms with van der Waals surface area (Å²) in [6.07, 6.45) is 3.15. The minimum Gasteiger partial charge on any atom is -0.492 e. The average molecular weight is 256 g/mol. The van der Waals surface area contributed by atoms with E-state index in [9.17, 15) is 4.79 Å². The summed E-state index contributed by atoms with van der Waals surface area (Å²) in [5.41, 5.74) is 2.81. The van der Waals surface area contributed by atoms with Crippen LogP contribution in [0.1, 0.15) is 34.2 Å². The van der Waals surface area contributed by atoms with Gasteiger partial charge in [-0.2, -0.15) is 0 Å². The van der Waals surface area contributed by atoms with Gasteiger partial charge in [-0.1, -0.05) is 0 Å². The van der Waals surface area contributed by atoms with Crippen molar-refractivity contribution in [2.75, 3.05) is 6.61 Å². The molecule has 4 nitrogen and oxygen atoms in total. The Morgan fingerprint density at radius 2 is 1.79 bits per heavy atom. The van der Waals surface area contributed by atoms with Gasteiger partial charge in [0.2, 0.25) is 0 Å². The van der Waals surface area contributed by atoms with Crippen molar-refractivity contribution in [2.45, 2.75) is 20.8 Å². The monoisotopic (exact) mass is 256 g/mol. The number of pyridine rings is 2. The lowest BCUT2D eigenvalue weighted by Crippen LogP contribution is -2.05. The second-order valence-corrected chi connectivity index (χ2v) is 4.31. The first-order chi connectivity index (χ1) is 9.10. The second kappa shape index (κ2) is 5.61. The lowest BCUT2D eigenvalue weighted by atomic mass is 10.0. The van der Waals surface area contributed by atoms with Gasteiger partial charge in [0, 0.05) is 28.7 Å². The molecule has 0 unspecified atom stereocenters. The fourth-order valence-corrected chi connectivity index (χ4v) is 1.92. The molecule has 0 atom stereocenters. The van der Waals surface area contributed by atoms with Gasteiger partial charge in [-0.15, -0.1) is 0 Å². The highest BCUT2D eigenvalue weighted by Crippen LogP contribution is 2.16. The molecule has 0 spiro atoms. The Morgan fingerprint density at radius 3 is 2.42 bits per heavy atom. The standard InChI is InChI=1S/C15H16N2O2/c1-4-19-14-7-13(8-16-9-14)15(18)12-5-10(2)17-11(3)6-12/h5-9H,4H2,1-3H3. The van der Waals surface area contributed by atoms with E-state index < -0.39 is 0 Å². The second-order valence-electron chi connectivity index (χ2n) is 4.31. The number of hydrogen-bond acceptors (Lipinski definition) is 4. The van der Waals surface area contributed by atoms with Gasteiger partial charge in [0.1, 0.15) is 5.75 Å². The predicted molar refractivity (Wildman–Crippen MR) is 72.5 cm³/mol.